The fraction of sp³-hybridized carbons (Fsp3) is 0.667. The van der Waals surface area contributed by atoms with Gasteiger partial charge in [-0.2, -0.15) is 0 Å². The summed E-state index contributed by atoms with van der Waals surface area (Å²) in [6, 6.07) is 0. The summed E-state index contributed by atoms with van der Waals surface area (Å²) in [6.45, 7) is 6.89. The Balaban J connectivity index is 2.56. The molecule has 0 saturated carbocycles. The molecule has 13 heavy (non-hydrogen) atoms. The number of unbranched alkanes of at least 4 members (excludes halogenated alkanes) is 1. The normalized spacial score (nSPS) is 17.0. The van der Waals surface area contributed by atoms with Crippen LogP contribution in [0.25, 0.3) is 0 Å². The van der Waals surface area contributed by atoms with Crippen molar-refractivity contribution in [2.24, 2.45) is 5.92 Å². The van der Waals surface area contributed by atoms with Crippen LogP contribution in [-0.4, -0.2) is 0 Å². The molecule has 0 amide bonds. The molecule has 1 aliphatic rings. The third-order valence-corrected chi connectivity index (χ3v) is 4.46. The Kier molecular flexibility index (Phi) is 4.64. The molecule has 0 nitrogen and oxygen atoms in total. The molecule has 0 N–H and O–H groups in total. The van der Waals surface area contributed by atoms with E-state index in [-0.39, 0.29) is 0 Å². The van der Waals surface area contributed by atoms with E-state index in [0.717, 1.165) is 5.92 Å². The van der Waals surface area contributed by atoms with Gasteiger partial charge in [0.1, 0.15) is 0 Å². The summed E-state index contributed by atoms with van der Waals surface area (Å²) in [4.78, 5) is 0. The van der Waals surface area contributed by atoms with Crippen molar-refractivity contribution in [2.75, 3.05) is 0 Å². The third kappa shape index (κ3) is 3.19. The van der Waals surface area contributed by atoms with Gasteiger partial charge in [-0.25, -0.2) is 0 Å². The first-order valence-electron chi connectivity index (χ1n) is 5.29. The van der Waals surface area contributed by atoms with Gasteiger partial charge in [-0.1, -0.05) is 0 Å². The molecular weight excluding hydrogens is 323 g/mol. The summed E-state index contributed by atoms with van der Waals surface area (Å²) < 4.78 is 1.75. The Hall–Kier alpha value is 0.350. The van der Waals surface area contributed by atoms with E-state index in [9.17, 15) is 0 Å². The molecule has 0 aliphatic heterocycles. The summed E-state index contributed by atoms with van der Waals surface area (Å²) in [7, 11) is 0. The van der Waals surface area contributed by atoms with Crippen molar-refractivity contribution in [3.63, 3.8) is 0 Å². The molecule has 0 radical (unpaired) electrons. The van der Waals surface area contributed by atoms with E-state index in [1.54, 1.807) is 14.5 Å². The summed E-state index contributed by atoms with van der Waals surface area (Å²) >= 11 is 1.26. The van der Waals surface area contributed by atoms with Crippen LogP contribution in [-0.2, 0) is 24.4 Å². The van der Waals surface area contributed by atoms with E-state index in [2.05, 4.69) is 26.8 Å². The molecule has 0 aromatic heterocycles. The van der Waals surface area contributed by atoms with E-state index >= 15 is 0 Å². The standard InChI is InChI=1S/C12H19.Hf/c1-4-5-6-11-7-8-12(9-11)10(2)3;/h9-10H,4-6,8H2,1-3H3;. The predicted molar refractivity (Wildman–Crippen MR) is 54.1 cm³/mol. The topological polar surface area (TPSA) is 0 Å². The molecule has 1 aliphatic carbocycles. The second kappa shape index (κ2) is 5.29. The molecule has 0 saturated heterocycles. The Bertz CT molecular complexity index is 234. The van der Waals surface area contributed by atoms with Crippen LogP contribution in [0.4, 0.5) is 0 Å². The maximum atomic E-state index is 2.47. The van der Waals surface area contributed by atoms with Gasteiger partial charge in [0.15, 0.2) is 0 Å². The van der Waals surface area contributed by atoms with Gasteiger partial charge in [0.2, 0.25) is 0 Å². The average Bonchev–Trinajstić information content (AvgIpc) is 2.44. The van der Waals surface area contributed by atoms with E-state index in [0.29, 0.717) is 0 Å². The van der Waals surface area contributed by atoms with Gasteiger partial charge in [0, 0.05) is 0 Å². The minimum absolute atomic E-state index is 0.753. The first kappa shape index (κ1) is 11.4. The van der Waals surface area contributed by atoms with Gasteiger partial charge in [-0.15, -0.1) is 0 Å². The molecule has 0 bridgehead atoms. The van der Waals surface area contributed by atoms with Crippen molar-refractivity contribution in [3.8, 4) is 0 Å². The van der Waals surface area contributed by atoms with Crippen LogP contribution in [0.5, 0.6) is 0 Å². The van der Waals surface area contributed by atoms with Crippen LogP contribution >= 0.6 is 0 Å². The number of allylic oxidation sites excluding steroid dienone is 4. The first-order chi connectivity index (χ1) is 6.15. The SMILES string of the molecule is CCCCC1=[C]([Hf])CC(C(C)C)=C1. The molecular formula is C12H19Hf. The molecule has 0 spiro atoms. The molecule has 1 heteroatoms. The van der Waals surface area contributed by atoms with Gasteiger partial charge in [-0.05, 0) is 0 Å². The minimum atomic E-state index is 0.753. The average molecular weight is 342 g/mol. The fourth-order valence-electron chi connectivity index (χ4n) is 1.64. The van der Waals surface area contributed by atoms with Crippen LogP contribution in [0.2, 0.25) is 0 Å². The van der Waals surface area contributed by atoms with E-state index in [4.69, 9.17) is 0 Å². The van der Waals surface area contributed by atoms with Crippen molar-refractivity contribution in [3.05, 3.63) is 20.6 Å². The van der Waals surface area contributed by atoms with Gasteiger partial charge in [0.05, 0.1) is 0 Å². The maximum absolute atomic E-state index is 2.47. The van der Waals surface area contributed by atoms with Gasteiger partial charge in [0.25, 0.3) is 0 Å². The Morgan fingerprint density at radius 3 is 2.62 bits per heavy atom. The van der Waals surface area contributed by atoms with Crippen molar-refractivity contribution < 1.29 is 24.4 Å². The molecule has 71 valence electrons. The summed E-state index contributed by atoms with van der Waals surface area (Å²) in [6.07, 6.45) is 7.78. The van der Waals surface area contributed by atoms with Gasteiger partial charge in [-0.3, -0.25) is 0 Å². The van der Waals surface area contributed by atoms with Crippen molar-refractivity contribution in [2.45, 2.75) is 46.5 Å². The second-order valence-corrected chi connectivity index (χ2v) is 6.33. The monoisotopic (exact) mass is 343 g/mol. The fourth-order valence-corrected chi connectivity index (χ4v) is 3.08. The van der Waals surface area contributed by atoms with E-state index < -0.39 is 0 Å². The summed E-state index contributed by atoms with van der Waals surface area (Å²) in [5.41, 5.74) is 3.34. The third-order valence-electron chi connectivity index (χ3n) is 2.67. The zero-order valence-electron chi connectivity index (χ0n) is 8.98. The first-order valence-corrected chi connectivity index (χ1v) is 7.08. The number of rotatable bonds is 4. The van der Waals surface area contributed by atoms with Crippen molar-refractivity contribution in [1.82, 2.24) is 0 Å². The Morgan fingerprint density at radius 2 is 2.15 bits per heavy atom. The van der Waals surface area contributed by atoms with Crippen LogP contribution in [0.1, 0.15) is 46.5 Å². The number of hydrogen-bond acceptors (Lipinski definition) is 0. The molecule has 0 unspecified atom stereocenters. The Morgan fingerprint density at radius 1 is 1.46 bits per heavy atom. The molecule has 1 rings (SSSR count). The number of hydrogen-bond donors (Lipinski definition) is 0. The summed E-state index contributed by atoms with van der Waals surface area (Å²) in [5.74, 6) is 0.753. The molecule has 0 heterocycles. The van der Waals surface area contributed by atoms with Gasteiger partial charge >= 0.3 is 97.3 Å². The Labute approximate surface area is 97.1 Å². The molecule has 0 fully saturated rings. The van der Waals surface area contributed by atoms with Crippen molar-refractivity contribution in [1.29, 1.82) is 0 Å². The van der Waals surface area contributed by atoms with E-state index in [1.165, 1.54) is 50.1 Å². The quantitative estimate of drug-likeness (QED) is 0.679. The van der Waals surface area contributed by atoms with Crippen molar-refractivity contribution >= 4 is 0 Å². The van der Waals surface area contributed by atoms with Crippen LogP contribution in [0.3, 0.4) is 0 Å². The van der Waals surface area contributed by atoms with E-state index in [1.807, 2.05) is 0 Å². The molecule has 0 atom stereocenters. The zero-order chi connectivity index (χ0) is 9.84. The summed E-state index contributed by atoms with van der Waals surface area (Å²) in [5, 5.41) is 0. The second-order valence-electron chi connectivity index (χ2n) is 4.16. The molecule has 0 aromatic carbocycles. The zero-order valence-corrected chi connectivity index (χ0v) is 12.6. The van der Waals surface area contributed by atoms with Gasteiger partial charge < -0.3 is 0 Å². The molecule has 0 aromatic rings. The predicted octanol–water partition coefficient (Wildman–Crippen LogP) is 3.96. The van der Waals surface area contributed by atoms with Crippen LogP contribution in [0.15, 0.2) is 20.6 Å². The van der Waals surface area contributed by atoms with Crippen LogP contribution < -0.4 is 0 Å². The van der Waals surface area contributed by atoms with Crippen LogP contribution in [0, 0.1) is 5.92 Å².